The first kappa shape index (κ1) is 23.5. The van der Waals surface area contributed by atoms with Crippen LogP contribution in [0, 0.1) is 5.82 Å². The van der Waals surface area contributed by atoms with Gasteiger partial charge in [-0.05, 0) is 42.5 Å². The van der Waals surface area contributed by atoms with Gasteiger partial charge in [0.15, 0.2) is 5.96 Å². The zero-order chi connectivity index (χ0) is 18.8. The highest BCUT2D eigenvalue weighted by Crippen LogP contribution is 2.18. The van der Waals surface area contributed by atoms with E-state index in [1.165, 1.54) is 12.1 Å². The molecule has 0 aliphatic rings. The van der Waals surface area contributed by atoms with E-state index in [0.717, 1.165) is 41.0 Å². The number of aliphatic imine (C=N–C) groups is 1. The summed E-state index contributed by atoms with van der Waals surface area (Å²) < 4.78 is 12.9. The maximum Gasteiger partial charge on any atom is 0.191 e. The molecule has 0 bridgehead atoms. The normalized spacial score (nSPS) is 10.9. The fourth-order valence-corrected chi connectivity index (χ4v) is 3.22. The largest absolute Gasteiger partial charge is 0.362 e. The van der Waals surface area contributed by atoms with E-state index in [2.05, 4.69) is 26.7 Å². The third-order valence-electron chi connectivity index (χ3n) is 3.66. The molecule has 0 fully saturated rings. The highest BCUT2D eigenvalue weighted by molar-refractivity contribution is 14.0. The Labute approximate surface area is 182 Å². The van der Waals surface area contributed by atoms with Crippen molar-refractivity contribution in [1.82, 2.24) is 15.6 Å². The van der Waals surface area contributed by atoms with E-state index in [4.69, 9.17) is 0 Å². The third kappa shape index (κ3) is 8.34. The van der Waals surface area contributed by atoms with E-state index in [9.17, 15) is 4.39 Å². The molecule has 2 N–H and O–H groups in total. The summed E-state index contributed by atoms with van der Waals surface area (Å²) in [5.41, 5.74) is 1.12. The van der Waals surface area contributed by atoms with Gasteiger partial charge in [-0.25, -0.2) is 9.37 Å². The maximum atomic E-state index is 12.9. The van der Waals surface area contributed by atoms with Gasteiger partial charge in [-0.3, -0.25) is 4.99 Å². The molecule has 27 heavy (non-hydrogen) atoms. The predicted molar refractivity (Wildman–Crippen MR) is 124 cm³/mol. The molecule has 1 heterocycles. The van der Waals surface area contributed by atoms with Crippen LogP contribution in [0.25, 0.3) is 0 Å². The van der Waals surface area contributed by atoms with Crippen molar-refractivity contribution in [3.05, 3.63) is 54.0 Å². The second kappa shape index (κ2) is 12.8. The Hall–Kier alpha value is -1.55. The average molecular weight is 503 g/mol. The van der Waals surface area contributed by atoms with Crippen molar-refractivity contribution in [1.29, 1.82) is 0 Å². The van der Waals surface area contributed by atoms with Gasteiger partial charge >= 0.3 is 0 Å². The van der Waals surface area contributed by atoms with E-state index >= 15 is 0 Å². The zero-order valence-electron chi connectivity index (χ0n) is 15.9. The monoisotopic (exact) mass is 503 g/mol. The molecule has 5 nitrogen and oxygen atoms in total. The fraction of sp³-hybridized carbons (Fsp3) is 0.368. The lowest BCUT2D eigenvalue weighted by molar-refractivity contribution is 0.626. The van der Waals surface area contributed by atoms with Crippen LogP contribution in [-0.2, 0) is 6.54 Å². The van der Waals surface area contributed by atoms with Crippen molar-refractivity contribution in [2.75, 3.05) is 38.3 Å². The number of anilines is 1. The van der Waals surface area contributed by atoms with E-state index in [1.807, 2.05) is 37.2 Å². The van der Waals surface area contributed by atoms with Gasteiger partial charge in [-0.1, -0.05) is 6.07 Å². The van der Waals surface area contributed by atoms with E-state index in [1.54, 1.807) is 25.0 Å². The summed E-state index contributed by atoms with van der Waals surface area (Å²) >= 11 is 1.72. The van der Waals surface area contributed by atoms with E-state index < -0.39 is 0 Å². The lowest BCUT2D eigenvalue weighted by atomic mass is 10.2. The Bertz CT molecular complexity index is 710. The molecule has 0 spiro atoms. The number of benzene rings is 1. The van der Waals surface area contributed by atoms with Crippen LogP contribution in [-0.4, -0.2) is 44.4 Å². The fourth-order valence-electron chi connectivity index (χ4n) is 2.37. The Morgan fingerprint density at radius 3 is 2.59 bits per heavy atom. The van der Waals surface area contributed by atoms with Crippen LogP contribution in [0.3, 0.4) is 0 Å². The molecule has 0 aliphatic carbocycles. The molecule has 0 amide bonds. The minimum atomic E-state index is -0.197. The molecule has 8 heteroatoms. The van der Waals surface area contributed by atoms with Crippen LogP contribution in [0.15, 0.2) is 52.5 Å². The van der Waals surface area contributed by atoms with Crippen molar-refractivity contribution >= 4 is 47.5 Å². The van der Waals surface area contributed by atoms with Gasteiger partial charge in [-0.15, -0.1) is 35.7 Å². The first-order chi connectivity index (χ1) is 12.6. The molecule has 0 saturated carbocycles. The van der Waals surface area contributed by atoms with Crippen molar-refractivity contribution in [2.45, 2.75) is 17.9 Å². The summed E-state index contributed by atoms with van der Waals surface area (Å²) in [7, 11) is 5.73. The topological polar surface area (TPSA) is 52.6 Å². The van der Waals surface area contributed by atoms with Crippen LogP contribution in [0.5, 0.6) is 0 Å². The van der Waals surface area contributed by atoms with Crippen molar-refractivity contribution in [3.63, 3.8) is 0 Å². The number of nitrogens with zero attached hydrogens (tertiary/aromatic N) is 3. The average Bonchev–Trinajstić information content (AvgIpc) is 2.65. The summed E-state index contributed by atoms with van der Waals surface area (Å²) in [6.45, 7) is 1.48. The van der Waals surface area contributed by atoms with Gasteiger partial charge in [-0.2, -0.15) is 0 Å². The van der Waals surface area contributed by atoms with Gasteiger partial charge in [0.25, 0.3) is 0 Å². The van der Waals surface area contributed by atoms with E-state index in [-0.39, 0.29) is 29.8 Å². The molecular weight excluding hydrogens is 476 g/mol. The van der Waals surface area contributed by atoms with Crippen LogP contribution < -0.4 is 15.5 Å². The second-order valence-electron chi connectivity index (χ2n) is 5.89. The van der Waals surface area contributed by atoms with Crippen LogP contribution >= 0.6 is 35.7 Å². The minimum absolute atomic E-state index is 0. The predicted octanol–water partition coefficient (Wildman–Crippen LogP) is 3.75. The molecular formula is C19H27FIN5S. The third-order valence-corrected chi connectivity index (χ3v) is 4.76. The van der Waals surface area contributed by atoms with Crippen LogP contribution in [0.1, 0.15) is 12.0 Å². The summed E-state index contributed by atoms with van der Waals surface area (Å²) in [6, 6.07) is 10.6. The standard InChI is InChI=1S/C19H26FN5S.HI/c1-21-19(24-14-15-6-4-11-22-18(15)25(2)3)23-12-5-13-26-17-9-7-16(20)8-10-17;/h4,6-11H,5,12-14H2,1-3H3,(H2,21,23,24);1H. The molecule has 0 aliphatic heterocycles. The molecule has 2 aromatic rings. The van der Waals surface area contributed by atoms with Gasteiger partial charge in [0.1, 0.15) is 11.6 Å². The smallest absolute Gasteiger partial charge is 0.191 e. The number of nitrogens with one attached hydrogen (secondary N) is 2. The maximum absolute atomic E-state index is 12.9. The number of hydrogen-bond acceptors (Lipinski definition) is 4. The van der Waals surface area contributed by atoms with Crippen molar-refractivity contribution in [3.8, 4) is 0 Å². The Morgan fingerprint density at radius 2 is 1.93 bits per heavy atom. The van der Waals surface area contributed by atoms with Crippen LogP contribution in [0.2, 0.25) is 0 Å². The summed E-state index contributed by atoms with van der Waals surface area (Å²) in [5, 5.41) is 6.63. The lowest BCUT2D eigenvalue weighted by Gasteiger charge is -2.17. The number of guanidine groups is 1. The lowest BCUT2D eigenvalue weighted by Crippen LogP contribution is -2.37. The number of halogens is 2. The quantitative estimate of drug-likeness (QED) is 0.189. The van der Waals surface area contributed by atoms with Gasteiger partial charge in [0.05, 0.1) is 0 Å². The zero-order valence-corrected chi connectivity index (χ0v) is 19.1. The molecule has 0 radical (unpaired) electrons. The Balaban J connectivity index is 0.00000364. The summed E-state index contributed by atoms with van der Waals surface area (Å²) in [4.78, 5) is 11.7. The number of hydrogen-bond donors (Lipinski definition) is 2. The summed E-state index contributed by atoms with van der Waals surface area (Å²) in [5.74, 6) is 2.48. The summed E-state index contributed by atoms with van der Waals surface area (Å²) in [6.07, 6.45) is 2.78. The number of aromatic nitrogens is 1. The molecule has 0 atom stereocenters. The number of rotatable bonds is 8. The Morgan fingerprint density at radius 1 is 1.19 bits per heavy atom. The van der Waals surface area contributed by atoms with E-state index in [0.29, 0.717) is 6.54 Å². The molecule has 0 unspecified atom stereocenters. The highest BCUT2D eigenvalue weighted by atomic mass is 127. The van der Waals surface area contributed by atoms with Gasteiger partial charge in [0.2, 0.25) is 0 Å². The molecule has 148 valence electrons. The first-order valence-electron chi connectivity index (χ1n) is 8.54. The van der Waals surface area contributed by atoms with Gasteiger partial charge < -0.3 is 15.5 Å². The Kier molecular flexibility index (Phi) is 11.1. The molecule has 0 saturated heterocycles. The van der Waals surface area contributed by atoms with Crippen molar-refractivity contribution < 1.29 is 4.39 Å². The minimum Gasteiger partial charge on any atom is -0.362 e. The van der Waals surface area contributed by atoms with Crippen LogP contribution in [0.4, 0.5) is 10.2 Å². The highest BCUT2D eigenvalue weighted by Gasteiger charge is 2.06. The SMILES string of the molecule is CN=C(NCCCSc1ccc(F)cc1)NCc1cccnc1N(C)C.I. The molecule has 1 aromatic carbocycles. The second-order valence-corrected chi connectivity index (χ2v) is 7.06. The van der Waals surface area contributed by atoms with Gasteiger partial charge in [0, 0.05) is 50.9 Å². The number of pyridine rings is 1. The first-order valence-corrected chi connectivity index (χ1v) is 9.53. The molecule has 1 aromatic heterocycles. The van der Waals surface area contributed by atoms with Crippen molar-refractivity contribution in [2.24, 2.45) is 4.99 Å². The number of thioether (sulfide) groups is 1. The molecule has 2 rings (SSSR count).